The molecule has 0 aromatic heterocycles. The molecule has 2 aliphatic carbocycles. The zero-order chi connectivity index (χ0) is 19.9. The van der Waals surface area contributed by atoms with E-state index in [1.54, 1.807) is 14.2 Å². The first-order chi connectivity index (χ1) is 13.4. The lowest BCUT2D eigenvalue weighted by atomic mass is 9.70. The summed E-state index contributed by atoms with van der Waals surface area (Å²) in [6.45, 7) is 7.19. The number of para-hydroxylation sites is 2. The first-order valence-electron chi connectivity index (χ1n) is 9.99. The van der Waals surface area contributed by atoms with Crippen LogP contribution in [0.4, 0.5) is 5.69 Å². The summed E-state index contributed by atoms with van der Waals surface area (Å²) in [5.41, 5.74) is 4.94. The van der Waals surface area contributed by atoms with Crippen LogP contribution in [0.3, 0.4) is 0 Å². The Morgan fingerprint density at radius 1 is 0.964 bits per heavy atom. The summed E-state index contributed by atoms with van der Waals surface area (Å²) in [7, 11) is 3.41. The van der Waals surface area contributed by atoms with Crippen LogP contribution in [0.1, 0.15) is 39.2 Å². The zero-order valence-electron chi connectivity index (χ0n) is 17.5. The Labute approximate surface area is 168 Å². The summed E-state index contributed by atoms with van der Waals surface area (Å²) in [6, 6.07) is 16.3. The van der Waals surface area contributed by atoms with Crippen LogP contribution in [0.25, 0.3) is 6.08 Å². The first-order valence-corrected chi connectivity index (χ1v) is 9.99. The number of nitrogens with zero attached hydrogens (tertiary/aromatic N) is 1. The van der Waals surface area contributed by atoms with Crippen molar-refractivity contribution in [2.45, 2.75) is 33.6 Å². The fourth-order valence-electron chi connectivity index (χ4n) is 5.03. The van der Waals surface area contributed by atoms with E-state index in [1.165, 1.54) is 29.7 Å². The monoisotopic (exact) mass is 375 g/mol. The molecule has 0 aliphatic heterocycles. The highest BCUT2D eigenvalue weighted by Gasteiger charge is 2.62. The van der Waals surface area contributed by atoms with Crippen molar-refractivity contribution in [1.29, 1.82) is 0 Å². The summed E-state index contributed by atoms with van der Waals surface area (Å²) in [5.74, 6) is 2.22. The maximum atomic E-state index is 5.56. The van der Waals surface area contributed by atoms with E-state index in [0.29, 0.717) is 5.92 Å². The first kappa shape index (κ1) is 18.8. The molecule has 2 bridgehead atoms. The van der Waals surface area contributed by atoms with E-state index in [-0.39, 0.29) is 10.8 Å². The fourth-order valence-corrected chi connectivity index (χ4v) is 5.03. The average molecular weight is 376 g/mol. The normalized spacial score (nSPS) is 28.1. The van der Waals surface area contributed by atoms with Crippen molar-refractivity contribution >= 4 is 17.5 Å². The minimum Gasteiger partial charge on any atom is -0.497 e. The summed E-state index contributed by atoms with van der Waals surface area (Å²) in [5, 5.41) is 0. The second kappa shape index (κ2) is 6.80. The molecule has 28 heavy (non-hydrogen) atoms. The van der Waals surface area contributed by atoms with Gasteiger partial charge in [0.05, 0.1) is 19.9 Å². The van der Waals surface area contributed by atoms with Crippen molar-refractivity contribution in [3.8, 4) is 11.5 Å². The van der Waals surface area contributed by atoms with E-state index in [0.717, 1.165) is 17.2 Å². The predicted molar refractivity (Wildman–Crippen MR) is 116 cm³/mol. The van der Waals surface area contributed by atoms with Gasteiger partial charge in [0.2, 0.25) is 0 Å². The lowest BCUT2D eigenvalue weighted by molar-refractivity contribution is 0.203. The van der Waals surface area contributed by atoms with E-state index in [2.05, 4.69) is 39.0 Å². The van der Waals surface area contributed by atoms with Gasteiger partial charge in [0.25, 0.3) is 0 Å². The number of hydrogen-bond donors (Lipinski definition) is 0. The summed E-state index contributed by atoms with van der Waals surface area (Å²) >= 11 is 0. The predicted octanol–water partition coefficient (Wildman–Crippen LogP) is 6.32. The van der Waals surface area contributed by atoms with Crippen LogP contribution in [0.15, 0.2) is 59.1 Å². The van der Waals surface area contributed by atoms with Crippen LogP contribution >= 0.6 is 0 Å². The van der Waals surface area contributed by atoms with E-state index < -0.39 is 0 Å². The van der Waals surface area contributed by atoms with Gasteiger partial charge in [-0.1, -0.05) is 45.0 Å². The van der Waals surface area contributed by atoms with E-state index in [4.69, 9.17) is 14.5 Å². The quantitative estimate of drug-likeness (QED) is 0.626. The number of allylic oxidation sites excluding steroid dienone is 1. The molecule has 2 aromatic rings. The van der Waals surface area contributed by atoms with Gasteiger partial charge in [0.1, 0.15) is 17.2 Å². The molecule has 3 nitrogen and oxygen atoms in total. The molecule has 0 N–H and O–H groups in total. The van der Waals surface area contributed by atoms with Gasteiger partial charge in [0, 0.05) is 5.41 Å². The molecule has 2 fully saturated rings. The lowest BCUT2D eigenvalue weighted by Gasteiger charge is -2.34. The second-order valence-corrected chi connectivity index (χ2v) is 8.65. The SMILES string of the molecule is COc1ccc(/C=C2/C(=Nc3ccccc3OC)[C@]3(C)CC[C@H]2C3(C)C)cc1. The van der Waals surface area contributed by atoms with Crippen LogP contribution in [0, 0.1) is 16.7 Å². The maximum Gasteiger partial charge on any atom is 0.144 e. The van der Waals surface area contributed by atoms with E-state index in [1.807, 2.05) is 36.4 Å². The van der Waals surface area contributed by atoms with Crippen LogP contribution in [-0.4, -0.2) is 19.9 Å². The number of aliphatic imine (C=N–C) groups is 1. The van der Waals surface area contributed by atoms with Crippen LogP contribution in [0.2, 0.25) is 0 Å². The Kier molecular flexibility index (Phi) is 4.57. The molecule has 0 spiro atoms. The molecule has 0 saturated heterocycles. The topological polar surface area (TPSA) is 30.8 Å². The molecule has 4 rings (SSSR count). The highest BCUT2D eigenvalue weighted by Crippen LogP contribution is 2.66. The molecule has 0 heterocycles. The smallest absolute Gasteiger partial charge is 0.144 e. The maximum absolute atomic E-state index is 5.56. The summed E-state index contributed by atoms with van der Waals surface area (Å²) in [4.78, 5) is 5.19. The Morgan fingerprint density at radius 2 is 1.68 bits per heavy atom. The number of benzene rings is 2. The Balaban J connectivity index is 1.85. The summed E-state index contributed by atoms with van der Waals surface area (Å²) < 4.78 is 10.9. The average Bonchev–Trinajstić information content (AvgIpc) is 3.02. The molecule has 2 saturated carbocycles. The molecular formula is C25H29NO2. The van der Waals surface area contributed by atoms with Crippen molar-refractivity contribution in [3.63, 3.8) is 0 Å². The third-order valence-electron chi connectivity index (χ3n) is 7.15. The third kappa shape index (κ3) is 2.76. The molecule has 2 aromatic carbocycles. The Hall–Kier alpha value is -2.55. The minimum absolute atomic E-state index is 0.0663. The number of ether oxygens (including phenoxy) is 2. The molecule has 0 unspecified atom stereocenters. The van der Waals surface area contributed by atoms with Gasteiger partial charge in [-0.15, -0.1) is 0 Å². The molecule has 2 aliphatic rings. The van der Waals surface area contributed by atoms with E-state index in [9.17, 15) is 0 Å². The summed E-state index contributed by atoms with van der Waals surface area (Å²) in [6.07, 6.45) is 4.72. The molecule has 0 amide bonds. The molecular weight excluding hydrogens is 346 g/mol. The minimum atomic E-state index is 0.0663. The Morgan fingerprint density at radius 3 is 2.36 bits per heavy atom. The molecule has 3 heteroatoms. The van der Waals surface area contributed by atoms with Crippen LogP contribution in [0.5, 0.6) is 11.5 Å². The van der Waals surface area contributed by atoms with Crippen LogP contribution in [-0.2, 0) is 0 Å². The molecule has 146 valence electrons. The third-order valence-corrected chi connectivity index (χ3v) is 7.15. The van der Waals surface area contributed by atoms with Crippen molar-refractivity contribution in [1.82, 2.24) is 0 Å². The standard InChI is InChI=1S/C25H29NO2/c1-24(2)20-14-15-25(24,3)23(26-21-8-6-7-9-22(21)28-5)19(20)16-17-10-12-18(27-4)13-11-17/h6-13,16,20H,14-15H2,1-5H3/b19-16+,26-23?/t20-,25+/m1/s1. The number of methoxy groups -OCH3 is 2. The van der Waals surface area contributed by atoms with Gasteiger partial charge >= 0.3 is 0 Å². The second-order valence-electron chi connectivity index (χ2n) is 8.65. The van der Waals surface area contributed by atoms with Gasteiger partial charge in [-0.05, 0) is 65.7 Å². The van der Waals surface area contributed by atoms with Gasteiger partial charge < -0.3 is 9.47 Å². The van der Waals surface area contributed by atoms with Crippen molar-refractivity contribution in [3.05, 3.63) is 59.7 Å². The highest BCUT2D eigenvalue weighted by atomic mass is 16.5. The van der Waals surface area contributed by atoms with Gasteiger partial charge in [-0.3, -0.25) is 0 Å². The van der Waals surface area contributed by atoms with Gasteiger partial charge in [0.15, 0.2) is 0 Å². The Bertz CT molecular complexity index is 939. The molecule has 2 atom stereocenters. The number of rotatable bonds is 4. The zero-order valence-corrected chi connectivity index (χ0v) is 17.5. The number of hydrogen-bond acceptors (Lipinski definition) is 3. The van der Waals surface area contributed by atoms with Crippen molar-refractivity contribution in [2.24, 2.45) is 21.7 Å². The van der Waals surface area contributed by atoms with Crippen molar-refractivity contribution in [2.75, 3.05) is 14.2 Å². The fraction of sp³-hybridized carbons (Fsp3) is 0.400. The van der Waals surface area contributed by atoms with Crippen molar-refractivity contribution < 1.29 is 9.47 Å². The van der Waals surface area contributed by atoms with Gasteiger partial charge in [-0.25, -0.2) is 4.99 Å². The van der Waals surface area contributed by atoms with E-state index >= 15 is 0 Å². The lowest BCUT2D eigenvalue weighted by Crippen LogP contribution is -2.32. The highest BCUT2D eigenvalue weighted by molar-refractivity contribution is 6.12. The van der Waals surface area contributed by atoms with Gasteiger partial charge in [-0.2, -0.15) is 0 Å². The molecule has 0 radical (unpaired) electrons. The largest absolute Gasteiger partial charge is 0.497 e. The van der Waals surface area contributed by atoms with Crippen LogP contribution < -0.4 is 9.47 Å². The number of fused-ring (bicyclic) bond motifs is 2.